The molecule has 9 heteroatoms. The number of rotatable bonds is 8. The zero-order chi connectivity index (χ0) is 26.4. The highest BCUT2D eigenvalue weighted by Gasteiger charge is 2.33. The van der Waals surface area contributed by atoms with E-state index >= 15 is 0 Å². The molecule has 0 bridgehead atoms. The Morgan fingerprint density at radius 3 is 2.76 bits per heavy atom. The second-order valence-corrected chi connectivity index (χ2v) is 9.19. The molecule has 1 aliphatic rings. The van der Waals surface area contributed by atoms with Gasteiger partial charge in [-0.1, -0.05) is 18.2 Å². The molecule has 0 radical (unpaired) electrons. The van der Waals surface area contributed by atoms with Gasteiger partial charge in [0.25, 0.3) is 0 Å². The quantitative estimate of drug-likeness (QED) is 0.221. The molecular weight excluding hydrogens is 488 g/mol. The van der Waals surface area contributed by atoms with Gasteiger partial charge >= 0.3 is 5.97 Å². The first kappa shape index (κ1) is 26.0. The molecule has 0 fully saturated rings. The minimum Gasteiger partial charge on any atom is -0.482 e. The lowest BCUT2D eigenvalue weighted by Gasteiger charge is -2.34. The molecule has 3 aromatic rings. The van der Waals surface area contributed by atoms with Gasteiger partial charge in [0.15, 0.2) is 17.3 Å². The minimum absolute atomic E-state index is 0.185. The van der Waals surface area contributed by atoms with E-state index in [0.717, 1.165) is 33.6 Å². The van der Waals surface area contributed by atoms with Crippen LogP contribution in [-0.2, 0) is 15.1 Å². The number of carbonyl (C=O) groups is 1. The Kier molecular flexibility index (Phi) is 7.93. The number of aryl methyl sites for hydroxylation is 2. The summed E-state index contributed by atoms with van der Waals surface area (Å²) in [4.78, 5) is 16.0. The first-order chi connectivity index (χ1) is 17.8. The highest BCUT2D eigenvalue weighted by Crippen LogP contribution is 2.41. The molecule has 8 nitrogen and oxygen atoms in total. The van der Waals surface area contributed by atoms with Gasteiger partial charge in [0.05, 0.1) is 12.3 Å². The molecule has 1 unspecified atom stereocenters. The fourth-order valence-corrected chi connectivity index (χ4v) is 4.07. The van der Waals surface area contributed by atoms with Gasteiger partial charge in [-0.3, -0.25) is 15.8 Å². The van der Waals surface area contributed by atoms with E-state index in [-0.39, 0.29) is 6.61 Å². The highest BCUT2D eigenvalue weighted by atomic mass is 32.1. The number of aromatic nitrogens is 1. The molecular formula is C28H30N4O4S. The normalized spacial score (nSPS) is 15.9. The lowest BCUT2D eigenvalue weighted by Crippen LogP contribution is -2.41. The number of anilines is 1. The van der Waals surface area contributed by atoms with Gasteiger partial charge in [0.1, 0.15) is 11.5 Å². The number of nitrogens with one attached hydrogen (secondary N) is 3. The lowest BCUT2D eigenvalue weighted by atomic mass is 9.91. The summed E-state index contributed by atoms with van der Waals surface area (Å²) in [5, 5.41) is 3.64. The predicted molar refractivity (Wildman–Crippen MR) is 147 cm³/mol. The van der Waals surface area contributed by atoms with Crippen LogP contribution < -0.4 is 25.6 Å². The van der Waals surface area contributed by atoms with Crippen molar-refractivity contribution in [3.05, 3.63) is 89.3 Å². The van der Waals surface area contributed by atoms with Crippen LogP contribution in [0.4, 0.5) is 5.69 Å². The molecule has 0 saturated heterocycles. The summed E-state index contributed by atoms with van der Waals surface area (Å²) in [6, 6.07) is 15.3. The molecule has 1 aliphatic heterocycles. The highest BCUT2D eigenvalue weighted by molar-refractivity contribution is 7.80. The number of esters is 1. The van der Waals surface area contributed by atoms with Gasteiger partial charge in [0, 0.05) is 29.2 Å². The van der Waals surface area contributed by atoms with Crippen molar-refractivity contribution >= 4 is 34.7 Å². The molecule has 3 N–H and O–H groups in total. The standard InChI is InChI=1S/C28H30N4O4S/c1-5-34-26(33)17-35-21-10-11-25-22(14-21)24(15-28(4,36-25)20-7-6-12-29-16-20)31-32-27(37)30-23-13-18(2)8-9-19(23)3/h6-16,31H,5,17H2,1-4H3,(H2,30,32,37). The number of ether oxygens (including phenoxy) is 3. The van der Waals surface area contributed by atoms with Crippen LogP contribution in [0, 0.1) is 13.8 Å². The second-order valence-electron chi connectivity index (χ2n) is 8.78. The molecule has 0 saturated carbocycles. The van der Waals surface area contributed by atoms with Crippen LogP contribution in [0.1, 0.15) is 36.1 Å². The molecule has 0 spiro atoms. The smallest absolute Gasteiger partial charge is 0.344 e. The van der Waals surface area contributed by atoms with E-state index < -0.39 is 11.6 Å². The summed E-state index contributed by atoms with van der Waals surface area (Å²) in [5.41, 5.74) is 11.0. The third kappa shape index (κ3) is 6.37. The summed E-state index contributed by atoms with van der Waals surface area (Å²) >= 11 is 5.55. The van der Waals surface area contributed by atoms with E-state index in [1.165, 1.54) is 0 Å². The Hall–Kier alpha value is -4.11. The number of fused-ring (bicyclic) bond motifs is 1. The molecule has 2 heterocycles. The lowest BCUT2D eigenvalue weighted by molar-refractivity contribution is -0.145. The fraction of sp³-hybridized carbons (Fsp3) is 0.250. The van der Waals surface area contributed by atoms with Crippen molar-refractivity contribution < 1.29 is 19.0 Å². The maximum atomic E-state index is 11.8. The fourth-order valence-electron chi connectivity index (χ4n) is 3.90. The largest absolute Gasteiger partial charge is 0.482 e. The Bertz CT molecular complexity index is 1330. The van der Waals surface area contributed by atoms with Gasteiger partial charge in [-0.05, 0) is 87.4 Å². The van der Waals surface area contributed by atoms with Crippen LogP contribution in [0.2, 0.25) is 0 Å². The first-order valence-electron chi connectivity index (χ1n) is 11.9. The number of pyridine rings is 1. The van der Waals surface area contributed by atoms with Crippen molar-refractivity contribution in [1.29, 1.82) is 0 Å². The van der Waals surface area contributed by atoms with Crippen LogP contribution in [0.3, 0.4) is 0 Å². The average Bonchev–Trinajstić information content (AvgIpc) is 2.89. The number of thiocarbonyl (C=S) groups is 1. The predicted octanol–water partition coefficient (Wildman–Crippen LogP) is 4.78. The zero-order valence-corrected chi connectivity index (χ0v) is 22.1. The summed E-state index contributed by atoms with van der Waals surface area (Å²) < 4.78 is 17.0. The van der Waals surface area contributed by atoms with Crippen LogP contribution in [-0.4, -0.2) is 29.3 Å². The van der Waals surface area contributed by atoms with Crippen molar-refractivity contribution in [3.8, 4) is 11.5 Å². The second kappa shape index (κ2) is 11.3. The van der Waals surface area contributed by atoms with Gasteiger partial charge in [0.2, 0.25) is 0 Å². The maximum absolute atomic E-state index is 11.8. The number of hydrogen-bond acceptors (Lipinski definition) is 7. The van der Waals surface area contributed by atoms with Gasteiger partial charge in [-0.2, -0.15) is 0 Å². The Balaban J connectivity index is 1.58. The van der Waals surface area contributed by atoms with Crippen LogP contribution in [0.5, 0.6) is 11.5 Å². The van der Waals surface area contributed by atoms with Crippen LogP contribution in [0.25, 0.3) is 5.70 Å². The van der Waals surface area contributed by atoms with Crippen LogP contribution >= 0.6 is 12.2 Å². The van der Waals surface area contributed by atoms with E-state index in [9.17, 15) is 4.79 Å². The maximum Gasteiger partial charge on any atom is 0.344 e. The van der Waals surface area contributed by atoms with Gasteiger partial charge in [-0.15, -0.1) is 0 Å². The number of benzene rings is 2. The number of nitrogens with zero attached hydrogens (tertiary/aromatic N) is 1. The summed E-state index contributed by atoms with van der Waals surface area (Å²) in [6.45, 7) is 7.88. The van der Waals surface area contributed by atoms with E-state index in [0.29, 0.717) is 23.2 Å². The van der Waals surface area contributed by atoms with Crippen LogP contribution in [0.15, 0.2) is 67.0 Å². The molecule has 1 aromatic heterocycles. The van der Waals surface area contributed by atoms with Gasteiger partial charge < -0.3 is 19.5 Å². The summed E-state index contributed by atoms with van der Waals surface area (Å²) in [7, 11) is 0. The van der Waals surface area contributed by atoms with Crippen molar-refractivity contribution in [1.82, 2.24) is 15.8 Å². The third-order valence-corrected chi connectivity index (χ3v) is 6.04. The topological polar surface area (TPSA) is 93.7 Å². The molecule has 192 valence electrons. The molecule has 0 aliphatic carbocycles. The monoisotopic (exact) mass is 518 g/mol. The summed E-state index contributed by atoms with van der Waals surface area (Å²) in [5.74, 6) is 0.707. The minimum atomic E-state index is -0.791. The Labute approximate surface area is 222 Å². The van der Waals surface area contributed by atoms with Gasteiger partial charge in [-0.25, -0.2) is 4.79 Å². The molecule has 2 aromatic carbocycles. The molecule has 1 atom stereocenters. The van der Waals surface area contributed by atoms with Crippen molar-refractivity contribution in [2.24, 2.45) is 0 Å². The van der Waals surface area contributed by atoms with E-state index in [2.05, 4.69) is 27.2 Å². The molecule has 0 amide bonds. The van der Waals surface area contributed by atoms with E-state index in [4.69, 9.17) is 26.4 Å². The molecule has 37 heavy (non-hydrogen) atoms. The number of hydrazine groups is 1. The Morgan fingerprint density at radius 2 is 2.00 bits per heavy atom. The van der Waals surface area contributed by atoms with Crippen molar-refractivity contribution in [3.63, 3.8) is 0 Å². The third-order valence-electron chi connectivity index (χ3n) is 5.83. The van der Waals surface area contributed by atoms with E-state index in [1.54, 1.807) is 31.5 Å². The first-order valence-corrected chi connectivity index (χ1v) is 12.3. The zero-order valence-electron chi connectivity index (χ0n) is 21.3. The van der Waals surface area contributed by atoms with Crippen molar-refractivity contribution in [2.75, 3.05) is 18.5 Å². The number of hydrogen-bond donors (Lipinski definition) is 3. The molecule has 4 rings (SSSR count). The Morgan fingerprint density at radius 1 is 1.16 bits per heavy atom. The van der Waals surface area contributed by atoms with Crippen molar-refractivity contribution in [2.45, 2.75) is 33.3 Å². The SMILES string of the molecule is CCOC(=O)COc1ccc2c(c1)C(NNC(=S)Nc1cc(C)ccc1C)=CC(C)(c1cccnc1)O2. The van der Waals surface area contributed by atoms with E-state index in [1.807, 2.05) is 57.2 Å². The number of carbonyl (C=O) groups excluding carboxylic acids is 1. The average molecular weight is 519 g/mol. The summed E-state index contributed by atoms with van der Waals surface area (Å²) in [6.07, 6.45) is 5.45.